The number of fused-ring (bicyclic) bond motifs is 1. The van der Waals surface area contributed by atoms with Gasteiger partial charge >= 0.3 is 0 Å². The van der Waals surface area contributed by atoms with Gasteiger partial charge in [0.25, 0.3) is 0 Å². The predicted octanol–water partition coefficient (Wildman–Crippen LogP) is 4.47. The van der Waals surface area contributed by atoms with Gasteiger partial charge in [-0.2, -0.15) is 0 Å². The summed E-state index contributed by atoms with van der Waals surface area (Å²) in [7, 11) is 0. The van der Waals surface area contributed by atoms with Crippen molar-refractivity contribution in [3.63, 3.8) is 0 Å². The molecule has 1 aliphatic rings. The van der Waals surface area contributed by atoms with Crippen molar-refractivity contribution in [3.8, 4) is 0 Å². The average Bonchev–Trinajstić information content (AvgIpc) is 3.24. The minimum atomic E-state index is 0.331. The highest BCUT2D eigenvalue weighted by Gasteiger charge is 2.21. The van der Waals surface area contributed by atoms with Gasteiger partial charge in [0.05, 0.1) is 12.7 Å². The maximum atomic E-state index is 5.99. The molecule has 0 aliphatic heterocycles. The molecular formula is C17H23NOS. The Morgan fingerprint density at radius 2 is 2.15 bits per heavy atom. The largest absolute Gasteiger partial charge is 0.374 e. The van der Waals surface area contributed by atoms with Crippen LogP contribution in [-0.2, 0) is 17.9 Å². The molecule has 1 heterocycles. The molecule has 1 aliphatic carbocycles. The molecule has 3 rings (SSSR count). The first kappa shape index (κ1) is 14.1. The molecule has 3 heteroatoms. The lowest BCUT2D eigenvalue weighted by molar-refractivity contribution is 0.0513. The summed E-state index contributed by atoms with van der Waals surface area (Å²) in [5, 5.41) is 5.00. The number of benzene rings is 1. The van der Waals surface area contributed by atoms with E-state index in [4.69, 9.17) is 4.74 Å². The summed E-state index contributed by atoms with van der Waals surface area (Å²) in [6.07, 6.45) is 4.07. The summed E-state index contributed by atoms with van der Waals surface area (Å²) in [6, 6.07) is 9.44. The molecule has 1 saturated carbocycles. The zero-order chi connectivity index (χ0) is 13.9. The third-order valence-electron chi connectivity index (χ3n) is 4.00. The second-order valence-corrected chi connectivity index (χ2v) is 6.82. The van der Waals surface area contributed by atoms with Gasteiger partial charge < -0.3 is 10.1 Å². The van der Waals surface area contributed by atoms with Crippen LogP contribution in [0.15, 0.2) is 24.3 Å². The Morgan fingerprint density at radius 1 is 1.35 bits per heavy atom. The van der Waals surface area contributed by atoms with Gasteiger partial charge in [0.15, 0.2) is 0 Å². The van der Waals surface area contributed by atoms with Crippen LogP contribution in [0.3, 0.4) is 0 Å². The maximum Gasteiger partial charge on any atom is 0.0737 e. The lowest BCUT2D eigenvalue weighted by Gasteiger charge is -2.12. The second kappa shape index (κ2) is 6.25. The predicted molar refractivity (Wildman–Crippen MR) is 86.2 cm³/mol. The fraction of sp³-hybridized carbons (Fsp3) is 0.529. The van der Waals surface area contributed by atoms with E-state index in [1.165, 1.54) is 33.4 Å². The van der Waals surface area contributed by atoms with Crippen LogP contribution < -0.4 is 5.32 Å². The van der Waals surface area contributed by atoms with Gasteiger partial charge in [0, 0.05) is 27.7 Å². The standard InChI is InChI=1S/C17H23NOS/c1-3-12(2)19-11-15-14-6-4-5-7-16(14)20-17(15)10-18-13-8-9-13/h4-7,12-13,18H,3,8-11H2,1-2H3. The Balaban J connectivity index is 1.82. The highest BCUT2D eigenvalue weighted by atomic mass is 32.1. The van der Waals surface area contributed by atoms with Crippen LogP contribution in [0.4, 0.5) is 0 Å². The number of thiophene rings is 1. The summed E-state index contributed by atoms with van der Waals surface area (Å²) in [4.78, 5) is 1.45. The summed E-state index contributed by atoms with van der Waals surface area (Å²) in [6.45, 7) is 6.05. The number of nitrogens with one attached hydrogen (secondary N) is 1. The normalized spacial score (nSPS) is 16.7. The Labute approximate surface area is 125 Å². The van der Waals surface area contributed by atoms with E-state index in [9.17, 15) is 0 Å². The highest BCUT2D eigenvalue weighted by molar-refractivity contribution is 7.19. The van der Waals surface area contributed by atoms with E-state index in [1.807, 2.05) is 11.3 Å². The van der Waals surface area contributed by atoms with Crippen molar-refractivity contribution in [2.75, 3.05) is 0 Å². The lowest BCUT2D eigenvalue weighted by atomic mass is 10.1. The van der Waals surface area contributed by atoms with Crippen LogP contribution >= 0.6 is 11.3 Å². The fourth-order valence-corrected chi connectivity index (χ4v) is 3.48. The molecule has 1 unspecified atom stereocenters. The molecule has 1 aromatic heterocycles. The van der Waals surface area contributed by atoms with E-state index in [-0.39, 0.29) is 0 Å². The van der Waals surface area contributed by atoms with Crippen LogP contribution in [0.25, 0.3) is 10.1 Å². The monoisotopic (exact) mass is 289 g/mol. The van der Waals surface area contributed by atoms with Crippen molar-refractivity contribution >= 4 is 21.4 Å². The van der Waals surface area contributed by atoms with Gasteiger partial charge in [-0.1, -0.05) is 25.1 Å². The Bertz CT molecular complexity index is 573. The minimum absolute atomic E-state index is 0.331. The molecule has 1 atom stereocenters. The van der Waals surface area contributed by atoms with Crippen molar-refractivity contribution < 1.29 is 4.74 Å². The smallest absolute Gasteiger partial charge is 0.0737 e. The van der Waals surface area contributed by atoms with Gasteiger partial charge in [0.1, 0.15) is 0 Å². The molecule has 108 valence electrons. The third kappa shape index (κ3) is 3.22. The first-order chi connectivity index (χ1) is 9.78. The van der Waals surface area contributed by atoms with Crippen LogP contribution in [-0.4, -0.2) is 12.1 Å². The Kier molecular flexibility index (Phi) is 4.39. The topological polar surface area (TPSA) is 21.3 Å². The van der Waals surface area contributed by atoms with Gasteiger partial charge in [-0.3, -0.25) is 0 Å². The van der Waals surface area contributed by atoms with E-state index >= 15 is 0 Å². The minimum Gasteiger partial charge on any atom is -0.374 e. The molecule has 1 N–H and O–H groups in total. The van der Waals surface area contributed by atoms with Crippen molar-refractivity contribution in [1.29, 1.82) is 0 Å². The summed E-state index contributed by atoms with van der Waals surface area (Å²) in [5.74, 6) is 0. The number of ether oxygens (including phenoxy) is 1. The van der Waals surface area contributed by atoms with Gasteiger partial charge in [0.2, 0.25) is 0 Å². The summed E-state index contributed by atoms with van der Waals surface area (Å²) < 4.78 is 7.36. The summed E-state index contributed by atoms with van der Waals surface area (Å²) in [5.41, 5.74) is 1.39. The average molecular weight is 289 g/mol. The van der Waals surface area contributed by atoms with E-state index in [0.717, 1.165) is 25.6 Å². The molecule has 1 fully saturated rings. The Morgan fingerprint density at radius 3 is 2.90 bits per heavy atom. The maximum absolute atomic E-state index is 5.99. The second-order valence-electron chi connectivity index (χ2n) is 5.68. The first-order valence-corrected chi connectivity index (χ1v) is 8.44. The zero-order valence-electron chi connectivity index (χ0n) is 12.3. The molecule has 1 aromatic carbocycles. The van der Waals surface area contributed by atoms with Crippen LogP contribution in [0.2, 0.25) is 0 Å². The Hall–Kier alpha value is -0.900. The van der Waals surface area contributed by atoms with E-state index in [0.29, 0.717) is 6.10 Å². The molecule has 0 amide bonds. The van der Waals surface area contributed by atoms with Gasteiger partial charge in [-0.15, -0.1) is 11.3 Å². The molecular weight excluding hydrogens is 266 g/mol. The number of rotatable bonds is 7. The molecule has 2 nitrogen and oxygen atoms in total. The zero-order valence-corrected chi connectivity index (χ0v) is 13.1. The molecule has 0 saturated heterocycles. The van der Waals surface area contributed by atoms with E-state index in [2.05, 4.69) is 43.4 Å². The molecule has 2 aromatic rings. The van der Waals surface area contributed by atoms with E-state index in [1.54, 1.807) is 0 Å². The van der Waals surface area contributed by atoms with Crippen LogP contribution in [0.1, 0.15) is 43.6 Å². The first-order valence-electron chi connectivity index (χ1n) is 7.62. The number of hydrogen-bond acceptors (Lipinski definition) is 3. The SMILES string of the molecule is CCC(C)OCc1c(CNC2CC2)sc2ccccc12. The van der Waals surface area contributed by atoms with E-state index < -0.39 is 0 Å². The molecule has 20 heavy (non-hydrogen) atoms. The highest BCUT2D eigenvalue weighted by Crippen LogP contribution is 2.33. The van der Waals surface area contributed by atoms with Gasteiger partial charge in [-0.25, -0.2) is 0 Å². The van der Waals surface area contributed by atoms with Crippen molar-refractivity contribution in [3.05, 3.63) is 34.7 Å². The molecule has 0 spiro atoms. The van der Waals surface area contributed by atoms with Crippen molar-refractivity contribution in [2.24, 2.45) is 0 Å². The van der Waals surface area contributed by atoms with Crippen molar-refractivity contribution in [2.45, 2.75) is 58.4 Å². The van der Waals surface area contributed by atoms with Gasteiger partial charge in [-0.05, 0) is 37.6 Å². The molecule has 0 bridgehead atoms. The number of hydrogen-bond donors (Lipinski definition) is 1. The fourth-order valence-electron chi connectivity index (χ4n) is 2.32. The van der Waals surface area contributed by atoms with Crippen LogP contribution in [0, 0.1) is 0 Å². The van der Waals surface area contributed by atoms with Crippen LogP contribution in [0.5, 0.6) is 0 Å². The molecule has 0 radical (unpaired) electrons. The third-order valence-corrected chi connectivity index (χ3v) is 5.21. The van der Waals surface area contributed by atoms with Crippen molar-refractivity contribution in [1.82, 2.24) is 5.32 Å². The quantitative estimate of drug-likeness (QED) is 0.812. The summed E-state index contributed by atoms with van der Waals surface area (Å²) >= 11 is 1.91. The lowest BCUT2D eigenvalue weighted by Crippen LogP contribution is -2.16.